The van der Waals surface area contributed by atoms with E-state index in [4.69, 9.17) is 11.6 Å². The third-order valence-corrected chi connectivity index (χ3v) is 3.25. The lowest BCUT2D eigenvalue weighted by Gasteiger charge is -2.22. The van der Waals surface area contributed by atoms with Crippen molar-refractivity contribution < 1.29 is 13.2 Å². The van der Waals surface area contributed by atoms with Crippen LogP contribution in [0.4, 0.5) is 13.2 Å². The first-order chi connectivity index (χ1) is 7.79. The first-order valence-corrected chi connectivity index (χ1v) is 6.22. The third kappa shape index (κ3) is 5.27. The average Bonchev–Trinajstić information content (AvgIpc) is 2.20. The predicted octanol–water partition coefficient (Wildman–Crippen LogP) is 4.10. The average molecular weight is 331 g/mol. The van der Waals surface area contributed by atoms with Crippen LogP contribution in [0.15, 0.2) is 24.3 Å². The second-order valence-electron chi connectivity index (χ2n) is 3.83. The molecule has 0 N–H and O–H groups in total. The molecule has 6 heteroatoms. The molecule has 0 aromatic heterocycles. The summed E-state index contributed by atoms with van der Waals surface area (Å²) < 4.78 is 36.9. The number of rotatable bonds is 4. The highest BCUT2D eigenvalue weighted by atomic mass is 79.9. The lowest BCUT2D eigenvalue weighted by atomic mass is 10.2. The molecular formula is C11H12BrClF3N. The number of nitrogens with zero attached hydrogens (tertiary/aromatic N) is 1. The van der Waals surface area contributed by atoms with Crippen LogP contribution in [-0.4, -0.2) is 29.5 Å². The van der Waals surface area contributed by atoms with Crippen molar-refractivity contribution in [2.24, 2.45) is 0 Å². The van der Waals surface area contributed by atoms with E-state index in [2.05, 4.69) is 15.9 Å². The molecule has 0 heterocycles. The lowest BCUT2D eigenvalue weighted by molar-refractivity contribution is -0.130. The van der Waals surface area contributed by atoms with Crippen LogP contribution in [0.25, 0.3) is 0 Å². The van der Waals surface area contributed by atoms with Gasteiger partial charge in [0.2, 0.25) is 0 Å². The Balaban J connectivity index is 2.50. The molecule has 0 aliphatic rings. The fourth-order valence-electron chi connectivity index (χ4n) is 1.34. The van der Waals surface area contributed by atoms with Crippen molar-refractivity contribution in [2.45, 2.75) is 17.5 Å². The molecule has 0 saturated heterocycles. The molecule has 0 saturated carbocycles. The van der Waals surface area contributed by atoms with Crippen molar-refractivity contribution in [1.29, 1.82) is 0 Å². The van der Waals surface area contributed by atoms with Crippen molar-refractivity contribution in [2.75, 3.05) is 13.6 Å². The third-order valence-electron chi connectivity index (χ3n) is 2.19. The maximum atomic E-state index is 12.3. The molecule has 1 aromatic carbocycles. The van der Waals surface area contributed by atoms with Gasteiger partial charge in [-0.3, -0.25) is 0 Å². The van der Waals surface area contributed by atoms with E-state index in [1.165, 1.54) is 0 Å². The van der Waals surface area contributed by atoms with Gasteiger partial charge in [-0.25, -0.2) is 0 Å². The first-order valence-electron chi connectivity index (χ1n) is 4.93. The lowest BCUT2D eigenvalue weighted by Crippen LogP contribution is -2.34. The Labute approximate surface area is 112 Å². The Morgan fingerprint density at radius 3 is 2.29 bits per heavy atom. The number of halogens is 5. The van der Waals surface area contributed by atoms with Crippen molar-refractivity contribution in [1.82, 2.24) is 4.90 Å². The Kier molecular flexibility index (Phi) is 5.28. The first kappa shape index (κ1) is 14.8. The number of hydrogen-bond acceptors (Lipinski definition) is 1. The topological polar surface area (TPSA) is 3.24 Å². The van der Waals surface area contributed by atoms with Crippen LogP contribution in [0.2, 0.25) is 5.02 Å². The highest BCUT2D eigenvalue weighted by molar-refractivity contribution is 9.09. The second-order valence-corrected chi connectivity index (χ2v) is 5.37. The summed E-state index contributed by atoms with van der Waals surface area (Å²) in [6, 6.07) is 7.05. The van der Waals surface area contributed by atoms with Crippen molar-refractivity contribution in [3.63, 3.8) is 0 Å². The van der Waals surface area contributed by atoms with Gasteiger partial charge in [-0.1, -0.05) is 39.7 Å². The van der Waals surface area contributed by atoms with Crippen molar-refractivity contribution >= 4 is 27.5 Å². The van der Waals surface area contributed by atoms with Gasteiger partial charge in [0.05, 0.1) is 0 Å². The zero-order valence-corrected chi connectivity index (χ0v) is 11.5. The Morgan fingerprint density at radius 2 is 1.82 bits per heavy atom. The van der Waals surface area contributed by atoms with E-state index in [0.29, 0.717) is 11.6 Å². The van der Waals surface area contributed by atoms with Gasteiger partial charge >= 0.3 is 6.18 Å². The van der Waals surface area contributed by atoms with Crippen molar-refractivity contribution in [3.8, 4) is 0 Å². The minimum Gasteiger partial charge on any atom is -0.301 e. The summed E-state index contributed by atoms with van der Waals surface area (Å²) in [6.07, 6.45) is -4.21. The minimum absolute atomic E-state index is 0.0911. The molecule has 0 aliphatic heterocycles. The normalized spacial score (nSPS) is 14.1. The van der Waals surface area contributed by atoms with E-state index in [1.807, 2.05) is 0 Å². The molecule has 0 bridgehead atoms. The fraction of sp³-hybridized carbons (Fsp3) is 0.455. The SMILES string of the molecule is CN(Cc1ccc(Cl)cc1)CC(Br)C(F)(F)F. The molecule has 1 nitrogen and oxygen atoms in total. The zero-order chi connectivity index (χ0) is 13.1. The Hall–Kier alpha value is -0.260. The maximum Gasteiger partial charge on any atom is 0.402 e. The van der Waals surface area contributed by atoms with E-state index in [9.17, 15) is 13.2 Å². The quantitative estimate of drug-likeness (QED) is 0.751. The van der Waals surface area contributed by atoms with Crippen LogP contribution in [0.3, 0.4) is 0 Å². The summed E-state index contributed by atoms with van der Waals surface area (Å²) in [5.74, 6) is 0. The molecule has 1 aromatic rings. The van der Waals surface area contributed by atoms with Gasteiger partial charge in [0.15, 0.2) is 0 Å². The van der Waals surface area contributed by atoms with Crippen LogP contribution in [0.5, 0.6) is 0 Å². The molecule has 0 amide bonds. The van der Waals surface area contributed by atoms with Gasteiger partial charge in [-0.05, 0) is 24.7 Å². The van der Waals surface area contributed by atoms with Gasteiger partial charge in [0.25, 0.3) is 0 Å². The summed E-state index contributed by atoms with van der Waals surface area (Å²) in [4.78, 5) is 0.100. The Bertz CT molecular complexity index is 353. The van der Waals surface area contributed by atoms with Crippen LogP contribution in [-0.2, 0) is 6.54 Å². The maximum absolute atomic E-state index is 12.3. The monoisotopic (exact) mass is 329 g/mol. The molecule has 0 radical (unpaired) electrons. The van der Waals surface area contributed by atoms with Gasteiger partial charge in [-0.15, -0.1) is 0 Å². The van der Waals surface area contributed by atoms with Gasteiger partial charge < -0.3 is 4.90 Å². The summed E-state index contributed by atoms with van der Waals surface area (Å²) in [5.41, 5.74) is 0.929. The highest BCUT2D eigenvalue weighted by Crippen LogP contribution is 2.27. The molecular weight excluding hydrogens is 318 g/mol. The van der Waals surface area contributed by atoms with Crippen LogP contribution >= 0.6 is 27.5 Å². The molecule has 17 heavy (non-hydrogen) atoms. The molecule has 0 fully saturated rings. The summed E-state index contributed by atoms with van der Waals surface area (Å²) in [5, 5.41) is 0.616. The predicted molar refractivity (Wildman–Crippen MR) is 66.6 cm³/mol. The molecule has 1 atom stereocenters. The van der Waals surface area contributed by atoms with Gasteiger partial charge in [-0.2, -0.15) is 13.2 Å². The molecule has 96 valence electrons. The van der Waals surface area contributed by atoms with E-state index in [1.54, 1.807) is 36.2 Å². The summed E-state index contributed by atoms with van der Waals surface area (Å²) >= 11 is 8.36. The van der Waals surface area contributed by atoms with Gasteiger partial charge in [0, 0.05) is 18.1 Å². The van der Waals surface area contributed by atoms with Gasteiger partial charge in [0.1, 0.15) is 4.83 Å². The number of hydrogen-bond donors (Lipinski definition) is 0. The van der Waals surface area contributed by atoms with Crippen LogP contribution in [0, 0.1) is 0 Å². The zero-order valence-electron chi connectivity index (χ0n) is 9.14. The number of benzene rings is 1. The van der Waals surface area contributed by atoms with Crippen LogP contribution < -0.4 is 0 Å². The standard InChI is InChI=1S/C11H12BrClF3N/c1-17(7-10(12)11(14,15)16)6-8-2-4-9(13)5-3-8/h2-5,10H,6-7H2,1H3. The molecule has 1 unspecified atom stereocenters. The molecule has 0 aliphatic carbocycles. The van der Waals surface area contributed by atoms with E-state index >= 15 is 0 Å². The minimum atomic E-state index is -4.21. The molecule has 0 spiro atoms. The summed E-state index contributed by atoms with van der Waals surface area (Å²) in [7, 11) is 1.65. The van der Waals surface area contributed by atoms with Crippen LogP contribution in [0.1, 0.15) is 5.56 Å². The largest absolute Gasteiger partial charge is 0.402 e. The summed E-state index contributed by atoms with van der Waals surface area (Å²) in [6.45, 7) is 0.363. The highest BCUT2D eigenvalue weighted by Gasteiger charge is 2.38. The second kappa shape index (κ2) is 6.07. The smallest absolute Gasteiger partial charge is 0.301 e. The van der Waals surface area contributed by atoms with E-state index in [0.717, 1.165) is 5.56 Å². The Morgan fingerprint density at radius 1 is 1.29 bits per heavy atom. The van der Waals surface area contributed by atoms with Crippen molar-refractivity contribution in [3.05, 3.63) is 34.9 Å². The van der Waals surface area contributed by atoms with E-state index < -0.39 is 11.0 Å². The molecule has 1 rings (SSSR count). The van der Waals surface area contributed by atoms with E-state index in [-0.39, 0.29) is 6.54 Å². The number of alkyl halides is 4. The fourth-order valence-corrected chi connectivity index (χ4v) is 1.96.